The third kappa shape index (κ3) is 7.35. The third-order valence-corrected chi connectivity index (χ3v) is 14.3. The number of rotatable bonds is 7. The molecule has 16 heteroatoms. The molecule has 4 N–H and O–H groups in total. The Bertz CT molecular complexity index is 2760. The van der Waals surface area contributed by atoms with Crippen molar-refractivity contribution in [1.82, 2.24) is 40.4 Å². The van der Waals surface area contributed by atoms with Crippen molar-refractivity contribution in [1.29, 1.82) is 0 Å². The Kier molecular flexibility index (Phi) is 10.8. The van der Waals surface area contributed by atoms with Crippen LogP contribution in [0, 0.1) is 11.8 Å². The van der Waals surface area contributed by atoms with Gasteiger partial charge in [-0.25, -0.2) is 19.6 Å². The van der Waals surface area contributed by atoms with Crippen molar-refractivity contribution < 1.29 is 38.1 Å². The van der Waals surface area contributed by atoms with Crippen LogP contribution in [-0.2, 0) is 30.4 Å². The monoisotopic (exact) mass is 884 g/mol. The molecule has 0 bridgehead atoms. The largest absolute Gasteiger partial charge is 0.488 e. The first-order chi connectivity index (χ1) is 31.3. The van der Waals surface area contributed by atoms with Gasteiger partial charge in [0.2, 0.25) is 11.8 Å². The second-order valence-electron chi connectivity index (χ2n) is 18.7. The molecule has 3 saturated heterocycles. The number of ether oxygens (including phenoxy) is 4. The van der Waals surface area contributed by atoms with Crippen LogP contribution in [0.25, 0.3) is 44.2 Å². The fourth-order valence-corrected chi connectivity index (χ4v) is 11.1. The SMILES string of the molecule is COC(=O)NC(C(=O)N1C(C)CCC1c1ncc(-c2ccc3c(c2)COc2cc4c(ccc5[nH]c(C6CCC7C=C8C(C)OC(C)CC8C(NC(=O)OC)C(=O)N76)nc54)cc2-3)[nH]1)C(C)C. The van der Waals surface area contributed by atoms with Crippen molar-refractivity contribution in [2.45, 2.75) is 122 Å². The van der Waals surface area contributed by atoms with Crippen LogP contribution >= 0.6 is 0 Å². The minimum Gasteiger partial charge on any atom is -0.488 e. The van der Waals surface area contributed by atoms with Crippen molar-refractivity contribution in [3.63, 3.8) is 0 Å². The first-order valence-electron chi connectivity index (χ1n) is 22.8. The second-order valence-corrected chi connectivity index (χ2v) is 18.7. The molecule has 7 heterocycles. The van der Waals surface area contributed by atoms with Crippen molar-refractivity contribution in [3.05, 3.63) is 77.5 Å². The van der Waals surface area contributed by atoms with E-state index in [0.29, 0.717) is 31.1 Å². The zero-order valence-electron chi connectivity index (χ0n) is 37.8. The summed E-state index contributed by atoms with van der Waals surface area (Å²) in [6, 6.07) is 12.4. The predicted octanol–water partition coefficient (Wildman–Crippen LogP) is 7.61. The molecule has 65 heavy (non-hydrogen) atoms. The zero-order valence-corrected chi connectivity index (χ0v) is 37.8. The number of aromatic nitrogens is 4. The lowest BCUT2D eigenvalue weighted by molar-refractivity contribution is -0.138. The minimum atomic E-state index is -0.788. The van der Waals surface area contributed by atoms with E-state index in [1.54, 1.807) is 0 Å². The molecule has 4 amide bonds. The number of imidazole rings is 2. The van der Waals surface area contributed by atoms with Crippen LogP contribution in [0.3, 0.4) is 0 Å². The predicted molar refractivity (Wildman–Crippen MR) is 242 cm³/mol. The molecule has 0 aliphatic carbocycles. The van der Waals surface area contributed by atoms with E-state index in [1.807, 2.05) is 56.7 Å². The number of benzene rings is 3. The molecule has 0 spiro atoms. The quantitative estimate of drug-likeness (QED) is 0.118. The van der Waals surface area contributed by atoms with E-state index in [-0.39, 0.29) is 60.0 Å². The van der Waals surface area contributed by atoms with E-state index in [4.69, 9.17) is 28.9 Å². The van der Waals surface area contributed by atoms with Gasteiger partial charge in [-0.15, -0.1) is 0 Å². The molecule has 3 fully saturated rings. The molecular weight excluding hydrogens is 829 g/mol. The van der Waals surface area contributed by atoms with Gasteiger partial charge in [0.05, 0.1) is 67.5 Å². The molecule has 0 radical (unpaired) electrons. The fraction of sp³-hybridized carbons (Fsp3) is 0.469. The number of fused-ring (bicyclic) bond motifs is 8. The van der Waals surface area contributed by atoms with E-state index in [9.17, 15) is 19.2 Å². The van der Waals surface area contributed by atoms with Crippen LogP contribution in [-0.4, -0.2) is 104 Å². The average Bonchev–Trinajstić information content (AvgIpc) is 4.11. The van der Waals surface area contributed by atoms with E-state index in [1.165, 1.54) is 14.2 Å². The molecule has 3 aromatic carbocycles. The lowest BCUT2D eigenvalue weighted by Gasteiger charge is -2.38. The zero-order chi connectivity index (χ0) is 45.4. The maximum Gasteiger partial charge on any atom is 0.407 e. The molecule has 5 aliphatic heterocycles. The number of nitrogens with one attached hydrogen (secondary N) is 4. The van der Waals surface area contributed by atoms with Crippen LogP contribution in [0.2, 0.25) is 0 Å². The lowest BCUT2D eigenvalue weighted by atomic mass is 9.81. The van der Waals surface area contributed by atoms with Gasteiger partial charge >= 0.3 is 12.2 Å². The molecule has 0 saturated carbocycles. The number of carbonyl (C=O) groups excluding carboxylic acids is 4. The van der Waals surface area contributed by atoms with Gasteiger partial charge < -0.3 is 49.3 Å². The molecular formula is C49H56N8O8. The Hall–Kier alpha value is -6.42. The van der Waals surface area contributed by atoms with Crippen molar-refractivity contribution >= 4 is 45.8 Å². The van der Waals surface area contributed by atoms with Gasteiger partial charge in [0.25, 0.3) is 0 Å². The summed E-state index contributed by atoms with van der Waals surface area (Å²) in [6.45, 7) is 10.2. The summed E-state index contributed by atoms with van der Waals surface area (Å²) in [5.41, 5.74) is 7.60. The summed E-state index contributed by atoms with van der Waals surface area (Å²) in [6.07, 6.45) is 6.16. The number of methoxy groups -OCH3 is 2. The second kappa shape index (κ2) is 16.5. The number of likely N-dealkylation sites (tertiary alicyclic amines) is 1. The highest BCUT2D eigenvalue weighted by Gasteiger charge is 2.49. The summed E-state index contributed by atoms with van der Waals surface area (Å²) in [7, 11) is 2.61. The maximum atomic E-state index is 14.6. The van der Waals surface area contributed by atoms with Crippen molar-refractivity contribution in [3.8, 4) is 28.1 Å². The number of amides is 4. The summed E-state index contributed by atoms with van der Waals surface area (Å²) < 4.78 is 22.5. The Morgan fingerprint density at radius 1 is 0.908 bits per heavy atom. The number of H-pyrrole nitrogens is 2. The van der Waals surface area contributed by atoms with E-state index >= 15 is 0 Å². The summed E-state index contributed by atoms with van der Waals surface area (Å²) >= 11 is 0. The Morgan fingerprint density at radius 2 is 1.71 bits per heavy atom. The Labute approximate surface area is 376 Å². The molecule has 340 valence electrons. The molecule has 9 atom stereocenters. The first kappa shape index (κ1) is 42.5. The van der Waals surface area contributed by atoms with Gasteiger partial charge in [-0.3, -0.25) is 9.59 Å². The van der Waals surface area contributed by atoms with Crippen LogP contribution < -0.4 is 15.4 Å². The van der Waals surface area contributed by atoms with Crippen molar-refractivity contribution in [2.75, 3.05) is 14.2 Å². The first-order valence-corrected chi connectivity index (χ1v) is 22.8. The van der Waals surface area contributed by atoms with Gasteiger partial charge in [-0.1, -0.05) is 38.1 Å². The number of nitrogens with zero attached hydrogens (tertiary/aromatic N) is 4. The third-order valence-electron chi connectivity index (χ3n) is 14.3. The molecule has 16 nitrogen and oxygen atoms in total. The van der Waals surface area contributed by atoms with Crippen LogP contribution in [0.5, 0.6) is 5.75 Å². The van der Waals surface area contributed by atoms with Crippen molar-refractivity contribution in [2.24, 2.45) is 11.8 Å². The van der Waals surface area contributed by atoms with Gasteiger partial charge in [-0.05, 0) is 111 Å². The minimum absolute atomic E-state index is 0.0202. The summed E-state index contributed by atoms with van der Waals surface area (Å²) in [5, 5.41) is 7.57. The molecule has 10 rings (SSSR count). The summed E-state index contributed by atoms with van der Waals surface area (Å²) in [4.78, 5) is 74.1. The van der Waals surface area contributed by atoms with Gasteiger partial charge in [-0.2, -0.15) is 0 Å². The van der Waals surface area contributed by atoms with Gasteiger partial charge in [0, 0.05) is 22.9 Å². The Morgan fingerprint density at radius 3 is 2.49 bits per heavy atom. The highest BCUT2D eigenvalue weighted by molar-refractivity contribution is 6.07. The molecule has 5 aliphatic rings. The normalized spacial score (nSPS) is 26.4. The molecule has 9 unspecified atom stereocenters. The maximum absolute atomic E-state index is 14.6. The molecule has 5 aromatic rings. The standard InChI is InChI=1S/C49H56N8O8/c1-23(2)41(54-48(60)62-6)46(58)56-24(3)8-14-38(56)44-50-21-37(52-44)28-9-12-31-29(17-28)22-64-40-20-33-27(18-34(31)40)10-13-36-42(33)53-45(51-36)39-15-11-30-19-32-26(5)65-25(4)16-35(32)43(47(59)57(30)39)55-49(61)63-7/h9-10,12-13,17-21,23-26,30,35,38-39,41,43H,8,11,14-16,22H2,1-7H3,(H,50,52)(H,51,53)(H,54,60)(H,55,61). The Balaban J connectivity index is 0.916. The number of hydrogen-bond donors (Lipinski definition) is 4. The van der Waals surface area contributed by atoms with E-state index < -0.39 is 24.3 Å². The van der Waals surface area contributed by atoms with Gasteiger partial charge in [0.1, 0.15) is 36.1 Å². The van der Waals surface area contributed by atoms with E-state index in [0.717, 1.165) is 80.3 Å². The number of aromatic amines is 2. The van der Waals surface area contributed by atoms with Crippen LogP contribution in [0.15, 0.2) is 60.3 Å². The number of alkyl carbamates (subject to hydrolysis) is 2. The molecule has 2 aromatic heterocycles. The van der Waals surface area contributed by atoms with Gasteiger partial charge in [0.15, 0.2) is 0 Å². The highest BCUT2D eigenvalue weighted by atomic mass is 16.5. The lowest BCUT2D eigenvalue weighted by Crippen LogP contribution is -2.54. The highest BCUT2D eigenvalue weighted by Crippen LogP contribution is 2.46. The summed E-state index contributed by atoms with van der Waals surface area (Å²) in [5.74, 6) is 1.54. The topological polar surface area (TPSA) is 193 Å². The fourth-order valence-electron chi connectivity index (χ4n) is 11.1. The average molecular weight is 885 g/mol. The van der Waals surface area contributed by atoms with Crippen LogP contribution in [0.4, 0.5) is 9.59 Å². The van der Waals surface area contributed by atoms with E-state index in [2.05, 4.69) is 63.1 Å². The van der Waals surface area contributed by atoms with Crippen LogP contribution in [0.1, 0.15) is 96.0 Å². The smallest absolute Gasteiger partial charge is 0.407 e. The number of carbonyl (C=O) groups is 4. The number of hydrogen-bond acceptors (Lipinski definition) is 10.